The van der Waals surface area contributed by atoms with Crippen molar-refractivity contribution in [2.24, 2.45) is 17.4 Å². The van der Waals surface area contributed by atoms with Crippen LogP contribution < -0.4 is 22.1 Å². The lowest BCUT2D eigenvalue weighted by Crippen LogP contribution is -2.48. The smallest absolute Gasteiger partial charge is 0.326 e. The summed E-state index contributed by atoms with van der Waals surface area (Å²) in [6, 6.07) is -3.29. The first-order valence-corrected chi connectivity index (χ1v) is 10.4. The van der Waals surface area contributed by atoms with Crippen molar-refractivity contribution < 1.29 is 33.9 Å². The van der Waals surface area contributed by atoms with Gasteiger partial charge in [0.1, 0.15) is 12.1 Å². The normalized spacial score (nSPS) is 14.7. The molecule has 0 bridgehead atoms. The van der Waals surface area contributed by atoms with Crippen LogP contribution in [0.2, 0.25) is 0 Å². The van der Waals surface area contributed by atoms with Crippen molar-refractivity contribution in [3.8, 4) is 0 Å². The van der Waals surface area contributed by atoms with E-state index in [4.69, 9.17) is 21.1 Å². The van der Waals surface area contributed by atoms with E-state index in [-0.39, 0.29) is 43.3 Å². The van der Waals surface area contributed by atoms with Crippen molar-refractivity contribution in [2.75, 3.05) is 0 Å². The molecule has 0 fully saturated rings. The van der Waals surface area contributed by atoms with E-state index in [1.807, 2.05) is 13.8 Å². The molecule has 13 heteroatoms. The predicted octanol–water partition coefficient (Wildman–Crippen LogP) is 0.820. The van der Waals surface area contributed by atoms with E-state index in [0.29, 0.717) is 19.3 Å². The van der Waals surface area contributed by atoms with E-state index in [9.17, 15) is 24.3 Å². The number of carboxylic acids is 2. The zero-order valence-corrected chi connectivity index (χ0v) is 18.2. The maximum atomic E-state index is 12.4. The number of amides is 3. The van der Waals surface area contributed by atoms with Crippen molar-refractivity contribution in [3.05, 3.63) is 11.7 Å². The molecule has 4 atom stereocenters. The number of aromatic nitrogens is 2. The van der Waals surface area contributed by atoms with Gasteiger partial charge in [0.05, 0.1) is 6.04 Å². The Morgan fingerprint density at radius 2 is 1.75 bits per heavy atom. The number of rotatable bonds is 15. The van der Waals surface area contributed by atoms with Gasteiger partial charge in [-0.2, -0.15) is 4.98 Å². The minimum atomic E-state index is -1.27. The van der Waals surface area contributed by atoms with Crippen LogP contribution in [0.15, 0.2) is 4.52 Å². The van der Waals surface area contributed by atoms with Crippen LogP contribution in [0.1, 0.15) is 82.6 Å². The van der Waals surface area contributed by atoms with Crippen molar-refractivity contribution in [1.82, 2.24) is 20.8 Å². The first-order valence-electron chi connectivity index (χ1n) is 10.4. The van der Waals surface area contributed by atoms with Crippen LogP contribution in [0.3, 0.4) is 0 Å². The lowest BCUT2D eigenvalue weighted by atomic mass is 9.99. The Morgan fingerprint density at radius 3 is 2.31 bits per heavy atom. The van der Waals surface area contributed by atoms with Gasteiger partial charge in [0.2, 0.25) is 11.8 Å². The third-order valence-electron chi connectivity index (χ3n) is 4.98. The predicted molar refractivity (Wildman–Crippen MR) is 111 cm³/mol. The monoisotopic (exact) mass is 456 g/mol. The summed E-state index contributed by atoms with van der Waals surface area (Å²) in [5.74, 6) is -2.54. The number of urea groups is 1. The number of nitrogens with zero attached hydrogens (tertiary/aromatic N) is 2. The van der Waals surface area contributed by atoms with Gasteiger partial charge in [-0.15, -0.1) is 0 Å². The second-order valence-corrected chi connectivity index (χ2v) is 7.61. The molecule has 180 valence electrons. The van der Waals surface area contributed by atoms with Crippen LogP contribution in [0.4, 0.5) is 4.79 Å². The summed E-state index contributed by atoms with van der Waals surface area (Å²) in [7, 11) is 0. The molecule has 1 rings (SSSR count). The molecule has 0 spiro atoms. The zero-order valence-electron chi connectivity index (χ0n) is 18.2. The first-order chi connectivity index (χ1) is 15.0. The number of hydrogen-bond acceptors (Lipinski definition) is 8. The fourth-order valence-electron chi connectivity index (χ4n) is 2.89. The molecule has 1 unspecified atom stereocenters. The third kappa shape index (κ3) is 9.29. The molecule has 0 aliphatic rings. The minimum Gasteiger partial charge on any atom is -0.481 e. The van der Waals surface area contributed by atoms with Gasteiger partial charge < -0.3 is 36.8 Å². The average molecular weight is 457 g/mol. The van der Waals surface area contributed by atoms with Crippen molar-refractivity contribution in [2.45, 2.75) is 76.9 Å². The summed E-state index contributed by atoms with van der Waals surface area (Å²) < 4.78 is 5.29. The second-order valence-electron chi connectivity index (χ2n) is 7.61. The molecule has 1 heterocycles. The van der Waals surface area contributed by atoms with E-state index >= 15 is 0 Å². The molecule has 1 aromatic heterocycles. The molecular formula is C19H32N6O7. The van der Waals surface area contributed by atoms with E-state index in [2.05, 4.69) is 20.8 Å². The van der Waals surface area contributed by atoms with Gasteiger partial charge in [-0.25, -0.2) is 9.59 Å². The number of aliphatic carboxylic acids is 2. The summed E-state index contributed by atoms with van der Waals surface area (Å²) >= 11 is 0. The molecule has 0 aliphatic heterocycles. The standard InChI is InChI=1S/C19H32N6O7/c1-3-10(2)15(17-24-16(25-32-17)11(20)6-4-8-13(21)26)23-19(31)22-12(18(29)30)7-5-9-14(27)28/h10-12,15H,3-9,20H2,1-2H3,(H2,21,26)(H,27,28)(H,29,30)(H2,22,23,31)/t10?,11-,12-,15-/m0/s1. The average Bonchev–Trinajstić information content (AvgIpc) is 3.20. The van der Waals surface area contributed by atoms with Crippen LogP contribution in [0.25, 0.3) is 0 Å². The van der Waals surface area contributed by atoms with E-state index in [1.54, 1.807) is 0 Å². The molecule has 0 radical (unpaired) electrons. The minimum absolute atomic E-state index is 0.0338. The lowest BCUT2D eigenvalue weighted by Gasteiger charge is -2.22. The Hall–Kier alpha value is -3.22. The molecule has 0 aromatic carbocycles. The Kier molecular flexibility index (Phi) is 11.1. The largest absolute Gasteiger partial charge is 0.481 e. The lowest BCUT2D eigenvalue weighted by molar-refractivity contribution is -0.140. The van der Waals surface area contributed by atoms with Gasteiger partial charge in [-0.1, -0.05) is 25.4 Å². The Balaban J connectivity index is 2.81. The quantitative estimate of drug-likeness (QED) is 0.218. The van der Waals surface area contributed by atoms with Gasteiger partial charge in [0, 0.05) is 12.8 Å². The van der Waals surface area contributed by atoms with Crippen LogP contribution in [-0.4, -0.2) is 50.3 Å². The fourth-order valence-corrected chi connectivity index (χ4v) is 2.89. The number of carboxylic acid groups (broad SMARTS) is 2. The van der Waals surface area contributed by atoms with E-state index < -0.39 is 42.0 Å². The van der Waals surface area contributed by atoms with Gasteiger partial charge in [0.25, 0.3) is 0 Å². The highest BCUT2D eigenvalue weighted by molar-refractivity contribution is 5.82. The van der Waals surface area contributed by atoms with E-state index in [1.165, 1.54) is 0 Å². The van der Waals surface area contributed by atoms with Crippen LogP contribution in [0.5, 0.6) is 0 Å². The Labute approximate surface area is 185 Å². The molecule has 32 heavy (non-hydrogen) atoms. The maximum Gasteiger partial charge on any atom is 0.326 e. The summed E-state index contributed by atoms with van der Waals surface area (Å²) in [5.41, 5.74) is 11.1. The van der Waals surface area contributed by atoms with Crippen LogP contribution in [-0.2, 0) is 14.4 Å². The highest BCUT2D eigenvalue weighted by Gasteiger charge is 2.29. The van der Waals surface area contributed by atoms with Gasteiger partial charge in [-0.05, 0) is 31.6 Å². The number of primary amides is 1. The van der Waals surface area contributed by atoms with Crippen LogP contribution in [0, 0.1) is 5.92 Å². The summed E-state index contributed by atoms with van der Waals surface area (Å²) in [4.78, 5) is 49.6. The fraction of sp³-hybridized carbons (Fsp3) is 0.684. The van der Waals surface area contributed by atoms with Crippen LogP contribution >= 0.6 is 0 Å². The number of carbonyl (C=O) groups excluding carboxylic acids is 2. The van der Waals surface area contributed by atoms with Crippen molar-refractivity contribution >= 4 is 23.9 Å². The molecule has 0 saturated heterocycles. The van der Waals surface area contributed by atoms with Gasteiger partial charge in [0.15, 0.2) is 5.82 Å². The van der Waals surface area contributed by atoms with Crippen molar-refractivity contribution in [1.29, 1.82) is 0 Å². The number of carbonyl (C=O) groups is 4. The summed E-state index contributed by atoms with van der Waals surface area (Å²) in [6.45, 7) is 3.75. The molecule has 0 aliphatic carbocycles. The molecule has 1 aromatic rings. The highest BCUT2D eigenvalue weighted by Crippen LogP contribution is 2.24. The molecule has 8 N–H and O–H groups in total. The Bertz CT molecular complexity index is 784. The third-order valence-corrected chi connectivity index (χ3v) is 4.98. The number of nitrogens with one attached hydrogen (secondary N) is 2. The number of hydrogen-bond donors (Lipinski definition) is 6. The topological polar surface area (TPSA) is 224 Å². The highest BCUT2D eigenvalue weighted by atomic mass is 16.5. The molecule has 0 saturated carbocycles. The molecule has 3 amide bonds. The summed E-state index contributed by atoms with van der Waals surface area (Å²) in [5, 5.41) is 26.8. The second kappa shape index (κ2) is 13.2. The molecular weight excluding hydrogens is 424 g/mol. The van der Waals surface area contributed by atoms with Gasteiger partial charge in [-0.3, -0.25) is 9.59 Å². The first kappa shape index (κ1) is 26.8. The summed E-state index contributed by atoms with van der Waals surface area (Å²) in [6.07, 6.45) is 1.58. The Morgan fingerprint density at radius 1 is 1.09 bits per heavy atom. The SMILES string of the molecule is CCC(C)[C@H](NC(=O)N[C@@H](CCCC(=O)O)C(=O)O)c1nc([C@@H](N)CCCC(N)=O)no1. The van der Waals surface area contributed by atoms with Gasteiger partial charge >= 0.3 is 18.0 Å². The van der Waals surface area contributed by atoms with E-state index in [0.717, 1.165) is 0 Å². The zero-order chi connectivity index (χ0) is 24.3. The molecule has 13 nitrogen and oxygen atoms in total. The number of nitrogens with two attached hydrogens (primary N) is 2. The maximum absolute atomic E-state index is 12.4. The van der Waals surface area contributed by atoms with Crippen molar-refractivity contribution in [3.63, 3.8) is 0 Å².